The Morgan fingerprint density at radius 3 is 2.47 bits per heavy atom. The van der Waals surface area contributed by atoms with Crippen LogP contribution in [0.5, 0.6) is 11.6 Å². The fourth-order valence-corrected chi connectivity index (χ4v) is 6.25. The third-order valence-corrected chi connectivity index (χ3v) is 7.47. The van der Waals surface area contributed by atoms with E-state index in [1.165, 1.54) is 18.4 Å². The summed E-state index contributed by atoms with van der Waals surface area (Å²) >= 11 is 0. The van der Waals surface area contributed by atoms with Crippen LogP contribution in [0.25, 0.3) is 0 Å². The minimum absolute atomic E-state index is 0.202. The molecule has 2 aromatic rings. The lowest BCUT2D eigenvalue weighted by molar-refractivity contribution is 0.124. The summed E-state index contributed by atoms with van der Waals surface area (Å²) in [6.07, 6.45) is 2.70. The molecule has 2 aliphatic carbocycles. The maximum Gasteiger partial charge on any atom is 0.214 e. The molecule has 2 heterocycles. The normalized spacial score (nSPS) is 30.8. The van der Waals surface area contributed by atoms with Crippen LogP contribution >= 0.6 is 0 Å². The number of methoxy groups -OCH3 is 1. The molecule has 0 N–H and O–H groups in total. The summed E-state index contributed by atoms with van der Waals surface area (Å²) in [5.74, 6) is 5.13. The average molecular weight is 408 g/mol. The molecule has 5 nitrogen and oxygen atoms in total. The van der Waals surface area contributed by atoms with Gasteiger partial charge in [0.15, 0.2) is 0 Å². The van der Waals surface area contributed by atoms with Gasteiger partial charge in [-0.3, -0.25) is 4.90 Å². The first kappa shape index (κ1) is 19.7. The van der Waals surface area contributed by atoms with E-state index in [2.05, 4.69) is 59.0 Å². The lowest BCUT2D eigenvalue weighted by Gasteiger charge is -2.43. The zero-order chi connectivity index (χ0) is 20.7. The second-order valence-corrected chi connectivity index (χ2v) is 9.09. The summed E-state index contributed by atoms with van der Waals surface area (Å²) in [5, 5.41) is 0. The van der Waals surface area contributed by atoms with Crippen LogP contribution in [-0.4, -0.2) is 49.8 Å². The molecule has 1 aliphatic heterocycles. The van der Waals surface area contributed by atoms with Crippen LogP contribution in [0.1, 0.15) is 32.3 Å². The summed E-state index contributed by atoms with van der Waals surface area (Å²) in [4.78, 5) is 9.81. The highest BCUT2D eigenvalue weighted by Crippen LogP contribution is 2.70. The largest absolute Gasteiger partial charge is 0.494 e. The van der Waals surface area contributed by atoms with Crippen molar-refractivity contribution in [2.45, 2.75) is 32.2 Å². The van der Waals surface area contributed by atoms with Crippen LogP contribution in [-0.2, 0) is 5.54 Å². The summed E-state index contributed by atoms with van der Waals surface area (Å²) < 4.78 is 11.2. The fraction of sp³-hybridized carbons (Fsp3) is 0.560. The van der Waals surface area contributed by atoms with E-state index in [9.17, 15) is 0 Å². The molecule has 3 aliphatic rings. The lowest BCUT2D eigenvalue weighted by atomic mass is 9.89. The number of piperazine rings is 1. The number of hydrogen-bond donors (Lipinski definition) is 0. The second kappa shape index (κ2) is 7.77. The van der Waals surface area contributed by atoms with Gasteiger partial charge >= 0.3 is 0 Å². The summed E-state index contributed by atoms with van der Waals surface area (Å²) in [7, 11) is 1.68. The third-order valence-electron chi connectivity index (χ3n) is 7.47. The molecule has 1 aromatic carbocycles. The van der Waals surface area contributed by atoms with Gasteiger partial charge in [-0.2, -0.15) is 4.98 Å². The van der Waals surface area contributed by atoms with E-state index in [1.54, 1.807) is 7.11 Å². The number of hydrogen-bond acceptors (Lipinski definition) is 5. The maximum absolute atomic E-state index is 5.85. The third kappa shape index (κ3) is 3.15. The van der Waals surface area contributed by atoms with Crippen molar-refractivity contribution < 1.29 is 9.47 Å². The van der Waals surface area contributed by atoms with Gasteiger partial charge in [-0.15, -0.1) is 0 Å². The summed E-state index contributed by atoms with van der Waals surface area (Å²) in [6, 6.07) is 14.9. The highest BCUT2D eigenvalue weighted by atomic mass is 16.5. The van der Waals surface area contributed by atoms with E-state index in [1.807, 2.05) is 12.1 Å². The smallest absolute Gasteiger partial charge is 0.214 e. The minimum atomic E-state index is 0.202. The Bertz CT molecular complexity index is 881. The Labute approximate surface area is 180 Å². The standard InChI is InChI=1S/C25H33N3O2/c1-4-30-20-8-5-7-19(17-20)25(21-15-18(2)16-22(21)25)28-13-11-27(12-14-28)23-9-6-10-24(26-23)29-3/h5-10,17-18,21-22H,4,11-16H2,1-3H3/t18?,21-,22+,25?. The number of anilines is 1. The molecule has 5 heteroatoms. The van der Waals surface area contributed by atoms with Crippen molar-refractivity contribution in [2.75, 3.05) is 44.8 Å². The Hall–Kier alpha value is -2.27. The van der Waals surface area contributed by atoms with Gasteiger partial charge in [-0.25, -0.2) is 0 Å². The highest BCUT2D eigenvalue weighted by molar-refractivity contribution is 5.44. The van der Waals surface area contributed by atoms with E-state index in [0.717, 1.165) is 55.5 Å². The molecular formula is C25H33N3O2. The zero-order valence-electron chi connectivity index (χ0n) is 18.4. The van der Waals surface area contributed by atoms with E-state index < -0.39 is 0 Å². The van der Waals surface area contributed by atoms with Gasteiger partial charge < -0.3 is 14.4 Å². The zero-order valence-corrected chi connectivity index (χ0v) is 18.4. The van der Waals surface area contributed by atoms with Crippen molar-refractivity contribution in [3.8, 4) is 11.6 Å². The lowest BCUT2D eigenvalue weighted by Crippen LogP contribution is -2.52. The molecule has 3 fully saturated rings. The molecule has 1 aromatic heterocycles. The van der Waals surface area contributed by atoms with Gasteiger partial charge in [0.2, 0.25) is 5.88 Å². The van der Waals surface area contributed by atoms with E-state index >= 15 is 0 Å². The number of nitrogens with zero attached hydrogens (tertiary/aromatic N) is 3. The molecule has 160 valence electrons. The van der Waals surface area contributed by atoms with Crippen LogP contribution < -0.4 is 14.4 Å². The van der Waals surface area contributed by atoms with Crippen LogP contribution in [0, 0.1) is 17.8 Å². The molecule has 2 saturated carbocycles. The van der Waals surface area contributed by atoms with Crippen LogP contribution in [0.4, 0.5) is 5.82 Å². The molecule has 4 atom stereocenters. The topological polar surface area (TPSA) is 37.8 Å². The Morgan fingerprint density at radius 2 is 1.77 bits per heavy atom. The van der Waals surface area contributed by atoms with Crippen LogP contribution in [0.3, 0.4) is 0 Å². The van der Waals surface area contributed by atoms with E-state index in [-0.39, 0.29) is 5.54 Å². The molecule has 1 saturated heterocycles. The molecule has 5 rings (SSSR count). The van der Waals surface area contributed by atoms with Crippen molar-refractivity contribution in [1.82, 2.24) is 9.88 Å². The molecule has 0 radical (unpaired) electrons. The van der Waals surface area contributed by atoms with Crippen molar-refractivity contribution in [3.63, 3.8) is 0 Å². The van der Waals surface area contributed by atoms with Gasteiger partial charge in [0.25, 0.3) is 0 Å². The number of benzene rings is 1. The van der Waals surface area contributed by atoms with Crippen molar-refractivity contribution in [3.05, 3.63) is 48.0 Å². The molecule has 0 amide bonds. The summed E-state index contributed by atoms with van der Waals surface area (Å²) in [5.41, 5.74) is 1.66. The predicted molar refractivity (Wildman–Crippen MR) is 119 cm³/mol. The second-order valence-electron chi connectivity index (χ2n) is 9.09. The molecule has 30 heavy (non-hydrogen) atoms. The van der Waals surface area contributed by atoms with Crippen molar-refractivity contribution in [2.24, 2.45) is 17.8 Å². The minimum Gasteiger partial charge on any atom is -0.494 e. The average Bonchev–Trinajstić information content (AvgIpc) is 3.21. The summed E-state index contributed by atoms with van der Waals surface area (Å²) in [6.45, 7) is 9.33. The number of ether oxygens (including phenoxy) is 2. The molecule has 0 bridgehead atoms. The molecule has 2 unspecified atom stereocenters. The van der Waals surface area contributed by atoms with Crippen LogP contribution in [0.15, 0.2) is 42.5 Å². The van der Waals surface area contributed by atoms with E-state index in [0.29, 0.717) is 12.5 Å². The van der Waals surface area contributed by atoms with Gasteiger partial charge in [0.05, 0.1) is 19.3 Å². The predicted octanol–water partition coefficient (Wildman–Crippen LogP) is 4.18. The first-order valence-corrected chi connectivity index (χ1v) is 11.4. The fourth-order valence-electron chi connectivity index (χ4n) is 6.25. The van der Waals surface area contributed by atoms with Crippen molar-refractivity contribution in [1.29, 1.82) is 0 Å². The Kier molecular flexibility index (Phi) is 5.10. The molecular weight excluding hydrogens is 374 g/mol. The quantitative estimate of drug-likeness (QED) is 0.718. The monoisotopic (exact) mass is 407 g/mol. The Morgan fingerprint density at radius 1 is 1.03 bits per heavy atom. The molecule has 0 spiro atoms. The maximum atomic E-state index is 5.85. The first-order chi connectivity index (χ1) is 14.7. The number of rotatable bonds is 6. The first-order valence-electron chi connectivity index (χ1n) is 11.4. The van der Waals surface area contributed by atoms with E-state index in [4.69, 9.17) is 9.47 Å². The van der Waals surface area contributed by atoms with Gasteiger partial charge in [0, 0.05) is 32.2 Å². The van der Waals surface area contributed by atoms with Gasteiger partial charge in [-0.05, 0) is 61.3 Å². The number of pyridine rings is 1. The number of fused-ring (bicyclic) bond motifs is 1. The van der Waals surface area contributed by atoms with Gasteiger partial charge in [0.1, 0.15) is 11.6 Å². The number of aromatic nitrogens is 1. The SMILES string of the molecule is CCOc1cccc(C2(N3CCN(c4cccc(OC)n4)CC3)[C@@H]3CC(C)C[C@@H]32)c1. The van der Waals surface area contributed by atoms with Gasteiger partial charge in [-0.1, -0.05) is 25.1 Å². The highest BCUT2D eigenvalue weighted by Gasteiger charge is 2.70. The Balaban J connectivity index is 1.38. The van der Waals surface area contributed by atoms with Crippen LogP contribution in [0.2, 0.25) is 0 Å². The van der Waals surface area contributed by atoms with Crippen molar-refractivity contribution >= 4 is 5.82 Å².